The molecular weight excluding hydrogens is 250 g/mol. The van der Waals surface area contributed by atoms with Crippen molar-refractivity contribution in [2.24, 2.45) is 0 Å². The second kappa shape index (κ2) is 5.91. The van der Waals surface area contributed by atoms with Gasteiger partial charge in [-0.2, -0.15) is 0 Å². The van der Waals surface area contributed by atoms with Crippen LogP contribution in [0.25, 0.3) is 0 Å². The number of carbonyl (C=O) groups is 2. The van der Waals surface area contributed by atoms with E-state index in [4.69, 9.17) is 5.11 Å². The monoisotopic (exact) mass is 267 g/mol. The number of carboxylic acids is 1. The molecule has 0 spiro atoms. The Morgan fingerprint density at radius 3 is 2.22 bits per heavy atom. The maximum atomic E-state index is 11.6. The van der Waals surface area contributed by atoms with Gasteiger partial charge in [0.15, 0.2) is 0 Å². The molecule has 0 atom stereocenters. The number of carbonyl (C=O) groups excluding carboxylic acids is 1. The second-order valence-electron chi connectivity index (χ2n) is 4.92. The first-order valence-corrected chi connectivity index (χ1v) is 6.54. The van der Waals surface area contributed by atoms with Crippen molar-refractivity contribution in [2.45, 2.75) is 31.2 Å². The van der Waals surface area contributed by atoms with Crippen molar-refractivity contribution in [2.75, 3.05) is 5.75 Å². The maximum absolute atomic E-state index is 11.6. The molecule has 0 aliphatic carbocycles. The molecule has 2 N–H and O–H groups in total. The number of rotatable bonds is 4. The van der Waals surface area contributed by atoms with Crippen molar-refractivity contribution in [1.29, 1.82) is 0 Å². The molecule has 1 aromatic carbocycles. The van der Waals surface area contributed by atoms with Crippen LogP contribution >= 0.6 is 11.8 Å². The predicted octanol–water partition coefficient (Wildman–Crippen LogP) is 2.39. The van der Waals surface area contributed by atoms with Crippen LogP contribution in [-0.2, 0) is 4.79 Å². The van der Waals surface area contributed by atoms with Gasteiger partial charge in [0.1, 0.15) is 0 Å². The Balaban J connectivity index is 2.49. The van der Waals surface area contributed by atoms with Crippen LogP contribution in [0.1, 0.15) is 31.1 Å². The summed E-state index contributed by atoms with van der Waals surface area (Å²) in [5.74, 6) is -0.657. The molecule has 0 aromatic heterocycles. The highest BCUT2D eigenvalue weighted by Crippen LogP contribution is 2.18. The molecule has 4 nitrogen and oxygen atoms in total. The van der Waals surface area contributed by atoms with Gasteiger partial charge in [-0.15, -0.1) is 11.8 Å². The Labute approximate surface area is 111 Å². The molecule has 1 aromatic rings. The van der Waals surface area contributed by atoms with E-state index in [0.29, 0.717) is 5.75 Å². The van der Waals surface area contributed by atoms with E-state index >= 15 is 0 Å². The summed E-state index contributed by atoms with van der Waals surface area (Å²) >= 11 is 1.38. The molecule has 0 unspecified atom stereocenters. The normalized spacial score (nSPS) is 11.1. The highest BCUT2D eigenvalue weighted by molar-refractivity contribution is 8.00. The number of thioether (sulfide) groups is 1. The van der Waals surface area contributed by atoms with Gasteiger partial charge in [-0.3, -0.25) is 4.79 Å². The highest BCUT2D eigenvalue weighted by Gasteiger charge is 2.13. The number of aromatic carboxylic acids is 1. The molecule has 18 heavy (non-hydrogen) atoms. The third kappa shape index (κ3) is 5.23. The summed E-state index contributed by atoms with van der Waals surface area (Å²) in [5, 5.41) is 11.6. The minimum Gasteiger partial charge on any atom is -0.478 e. The number of hydrogen-bond acceptors (Lipinski definition) is 3. The van der Waals surface area contributed by atoms with Crippen LogP contribution in [-0.4, -0.2) is 28.3 Å². The van der Waals surface area contributed by atoms with E-state index < -0.39 is 5.97 Å². The zero-order chi connectivity index (χ0) is 13.8. The zero-order valence-electron chi connectivity index (χ0n) is 10.7. The summed E-state index contributed by atoms with van der Waals surface area (Å²) in [6.45, 7) is 5.78. The molecular formula is C13H17NO3S. The van der Waals surface area contributed by atoms with Crippen LogP contribution in [0.4, 0.5) is 0 Å². The van der Waals surface area contributed by atoms with Crippen molar-refractivity contribution in [3.63, 3.8) is 0 Å². The molecule has 0 saturated heterocycles. The van der Waals surface area contributed by atoms with Gasteiger partial charge in [-0.25, -0.2) is 4.79 Å². The van der Waals surface area contributed by atoms with Gasteiger partial charge in [0, 0.05) is 10.4 Å². The van der Waals surface area contributed by atoms with E-state index in [-0.39, 0.29) is 17.0 Å². The molecule has 0 radical (unpaired) electrons. The fourth-order valence-corrected chi connectivity index (χ4v) is 2.00. The van der Waals surface area contributed by atoms with E-state index in [2.05, 4.69) is 5.32 Å². The fourth-order valence-electron chi connectivity index (χ4n) is 1.30. The average molecular weight is 267 g/mol. The summed E-state index contributed by atoms with van der Waals surface area (Å²) < 4.78 is 0. The van der Waals surface area contributed by atoms with Crippen molar-refractivity contribution < 1.29 is 14.7 Å². The van der Waals surface area contributed by atoms with Gasteiger partial charge in [0.2, 0.25) is 5.91 Å². The molecule has 0 aliphatic heterocycles. The lowest BCUT2D eigenvalue weighted by molar-refractivity contribution is -0.119. The average Bonchev–Trinajstić information content (AvgIpc) is 2.24. The summed E-state index contributed by atoms with van der Waals surface area (Å²) in [7, 11) is 0. The molecule has 0 aliphatic rings. The van der Waals surface area contributed by atoms with Crippen LogP contribution in [0.5, 0.6) is 0 Å². The van der Waals surface area contributed by atoms with Crippen molar-refractivity contribution >= 4 is 23.6 Å². The summed E-state index contributed by atoms with van der Waals surface area (Å²) in [6, 6.07) is 6.48. The van der Waals surface area contributed by atoms with Crippen molar-refractivity contribution in [1.82, 2.24) is 5.32 Å². The van der Waals surface area contributed by atoms with E-state index in [9.17, 15) is 9.59 Å². The Morgan fingerprint density at radius 2 is 1.78 bits per heavy atom. The Morgan fingerprint density at radius 1 is 1.22 bits per heavy atom. The van der Waals surface area contributed by atoms with Gasteiger partial charge >= 0.3 is 5.97 Å². The summed E-state index contributed by atoms with van der Waals surface area (Å²) in [5.41, 5.74) is 0.0173. The Hall–Kier alpha value is -1.49. The van der Waals surface area contributed by atoms with E-state index in [1.807, 2.05) is 20.8 Å². The van der Waals surface area contributed by atoms with Gasteiger partial charge < -0.3 is 10.4 Å². The lowest BCUT2D eigenvalue weighted by atomic mass is 10.1. The first-order valence-electron chi connectivity index (χ1n) is 5.55. The first kappa shape index (κ1) is 14.6. The first-order chi connectivity index (χ1) is 8.28. The Kier molecular flexibility index (Phi) is 4.78. The summed E-state index contributed by atoms with van der Waals surface area (Å²) in [4.78, 5) is 23.1. The van der Waals surface area contributed by atoms with Crippen LogP contribution in [0, 0.1) is 0 Å². The third-order valence-corrected chi connectivity index (χ3v) is 3.00. The molecule has 1 amide bonds. The SMILES string of the molecule is CC(C)(C)NC(=O)CSc1ccc(C(=O)O)cc1. The number of benzene rings is 1. The molecule has 0 bridgehead atoms. The summed E-state index contributed by atoms with van der Waals surface area (Å²) in [6.07, 6.45) is 0. The Bertz CT molecular complexity index is 435. The molecule has 0 fully saturated rings. The smallest absolute Gasteiger partial charge is 0.335 e. The quantitative estimate of drug-likeness (QED) is 0.822. The zero-order valence-corrected chi connectivity index (χ0v) is 11.5. The molecule has 1 rings (SSSR count). The molecule has 0 saturated carbocycles. The third-order valence-electron chi connectivity index (χ3n) is 1.99. The van der Waals surface area contributed by atoms with Crippen molar-refractivity contribution in [3.8, 4) is 0 Å². The molecule has 0 heterocycles. The van der Waals surface area contributed by atoms with E-state index in [0.717, 1.165) is 4.90 Å². The van der Waals surface area contributed by atoms with Crippen LogP contribution in [0.2, 0.25) is 0 Å². The second-order valence-corrected chi connectivity index (χ2v) is 5.97. The van der Waals surface area contributed by atoms with Gasteiger partial charge in [-0.05, 0) is 45.0 Å². The van der Waals surface area contributed by atoms with Crippen molar-refractivity contribution in [3.05, 3.63) is 29.8 Å². The number of amides is 1. The van der Waals surface area contributed by atoms with E-state index in [1.165, 1.54) is 23.9 Å². The van der Waals surface area contributed by atoms with Gasteiger partial charge in [0.25, 0.3) is 0 Å². The lowest BCUT2D eigenvalue weighted by Crippen LogP contribution is -2.41. The number of hydrogen-bond donors (Lipinski definition) is 2. The maximum Gasteiger partial charge on any atom is 0.335 e. The largest absolute Gasteiger partial charge is 0.478 e. The van der Waals surface area contributed by atoms with Crippen LogP contribution in [0.3, 0.4) is 0 Å². The fraction of sp³-hybridized carbons (Fsp3) is 0.385. The lowest BCUT2D eigenvalue weighted by Gasteiger charge is -2.20. The topological polar surface area (TPSA) is 66.4 Å². The van der Waals surface area contributed by atoms with E-state index in [1.54, 1.807) is 12.1 Å². The predicted molar refractivity (Wildman–Crippen MR) is 72.0 cm³/mol. The van der Waals surface area contributed by atoms with Crippen LogP contribution < -0.4 is 5.32 Å². The minimum atomic E-state index is -0.947. The van der Waals surface area contributed by atoms with Crippen LogP contribution in [0.15, 0.2) is 29.2 Å². The van der Waals surface area contributed by atoms with Gasteiger partial charge in [0.05, 0.1) is 11.3 Å². The standard InChI is InChI=1S/C13H17NO3S/c1-13(2,3)14-11(15)8-18-10-6-4-9(5-7-10)12(16)17/h4-7H,8H2,1-3H3,(H,14,15)(H,16,17). The molecule has 5 heteroatoms. The molecule has 98 valence electrons. The number of carboxylic acid groups (broad SMARTS) is 1. The minimum absolute atomic E-state index is 0.0326. The highest BCUT2D eigenvalue weighted by atomic mass is 32.2. The number of nitrogens with one attached hydrogen (secondary N) is 1. The van der Waals surface area contributed by atoms with Gasteiger partial charge in [-0.1, -0.05) is 0 Å².